The van der Waals surface area contributed by atoms with Crippen molar-refractivity contribution in [3.05, 3.63) is 46.8 Å². The zero-order valence-electron chi connectivity index (χ0n) is 17.8. The maximum Gasteiger partial charge on any atom is 0.193 e. The highest BCUT2D eigenvalue weighted by Gasteiger charge is 2.17. The van der Waals surface area contributed by atoms with E-state index in [1.54, 1.807) is 0 Å². The van der Waals surface area contributed by atoms with Crippen LogP contribution in [0, 0.1) is 13.8 Å². The molecular formula is C21H33IN4O2. The van der Waals surface area contributed by atoms with Crippen molar-refractivity contribution in [1.82, 2.24) is 15.4 Å². The van der Waals surface area contributed by atoms with Crippen LogP contribution in [0.4, 0.5) is 0 Å². The first-order valence-corrected chi connectivity index (χ1v) is 9.60. The van der Waals surface area contributed by atoms with E-state index in [1.165, 1.54) is 5.56 Å². The molecule has 0 aliphatic carbocycles. The number of guanidine groups is 1. The number of hydrogen-bond donors (Lipinski definition) is 1. The van der Waals surface area contributed by atoms with Crippen LogP contribution in [-0.2, 0) is 6.54 Å². The summed E-state index contributed by atoms with van der Waals surface area (Å²) in [5.74, 6) is 2.93. The van der Waals surface area contributed by atoms with Gasteiger partial charge in [0.25, 0.3) is 0 Å². The molecule has 7 heteroatoms. The second-order valence-corrected chi connectivity index (χ2v) is 6.77. The van der Waals surface area contributed by atoms with Crippen molar-refractivity contribution in [2.75, 3.05) is 26.7 Å². The summed E-state index contributed by atoms with van der Waals surface area (Å²) in [4.78, 5) is 6.97. The van der Waals surface area contributed by atoms with E-state index in [0.29, 0.717) is 13.2 Å². The number of aryl methyl sites for hydroxylation is 2. The second kappa shape index (κ2) is 11.9. The van der Waals surface area contributed by atoms with Crippen molar-refractivity contribution in [2.45, 2.75) is 47.1 Å². The van der Waals surface area contributed by atoms with Gasteiger partial charge in [-0.25, -0.2) is 0 Å². The van der Waals surface area contributed by atoms with Crippen LogP contribution in [0.3, 0.4) is 0 Å². The summed E-state index contributed by atoms with van der Waals surface area (Å²) in [5, 5.41) is 7.43. The molecule has 1 N–H and O–H groups in total. The maximum atomic E-state index is 5.51. The Hall–Kier alpha value is -1.77. The zero-order chi connectivity index (χ0) is 19.8. The smallest absolute Gasteiger partial charge is 0.193 e. The number of ether oxygens (including phenoxy) is 1. The molecule has 1 aromatic heterocycles. The Kier molecular flexibility index (Phi) is 10.3. The molecule has 156 valence electrons. The minimum absolute atomic E-state index is 0. The molecule has 28 heavy (non-hydrogen) atoms. The molecule has 2 aromatic rings. The number of aromatic nitrogens is 1. The lowest BCUT2D eigenvalue weighted by Crippen LogP contribution is -2.38. The average molecular weight is 500 g/mol. The van der Waals surface area contributed by atoms with Gasteiger partial charge in [-0.3, -0.25) is 4.99 Å². The Balaban J connectivity index is 0.00000392. The Bertz CT molecular complexity index is 724. The summed E-state index contributed by atoms with van der Waals surface area (Å²) in [5.41, 5.74) is 3.32. The number of hydrogen-bond acceptors (Lipinski definition) is 4. The Labute approximate surface area is 185 Å². The number of benzene rings is 1. The number of nitrogens with one attached hydrogen (secondary N) is 1. The van der Waals surface area contributed by atoms with Crippen LogP contribution in [-0.4, -0.2) is 42.8 Å². The van der Waals surface area contributed by atoms with Crippen LogP contribution in [0.5, 0.6) is 5.75 Å². The normalized spacial score (nSPS) is 12.3. The van der Waals surface area contributed by atoms with Crippen LogP contribution in [0.15, 0.2) is 33.8 Å². The van der Waals surface area contributed by atoms with Gasteiger partial charge in [0.1, 0.15) is 11.5 Å². The summed E-state index contributed by atoms with van der Waals surface area (Å²) in [6, 6.07) is 8.21. The van der Waals surface area contributed by atoms with Crippen molar-refractivity contribution in [3.8, 4) is 5.75 Å². The molecule has 6 nitrogen and oxygen atoms in total. The Morgan fingerprint density at radius 1 is 1.25 bits per heavy atom. The standard InChI is InChI=1S/C21H32N4O2.HI/c1-7-22-21(23-13-15(3)20-16(4)24-27-17(20)5)25(6)14-18-9-11-19(12-10-18)26-8-2;/h9-12,15H,7-8,13-14H2,1-6H3,(H,22,23);1H. The molecule has 0 saturated heterocycles. The molecular weight excluding hydrogens is 467 g/mol. The third kappa shape index (κ3) is 6.68. The highest BCUT2D eigenvalue weighted by atomic mass is 127. The lowest BCUT2D eigenvalue weighted by atomic mass is 10.00. The van der Waals surface area contributed by atoms with E-state index >= 15 is 0 Å². The molecule has 0 bridgehead atoms. The molecule has 2 rings (SSSR count). The van der Waals surface area contributed by atoms with Crippen molar-refractivity contribution >= 4 is 29.9 Å². The van der Waals surface area contributed by atoms with E-state index in [2.05, 4.69) is 48.4 Å². The zero-order valence-corrected chi connectivity index (χ0v) is 20.1. The third-order valence-corrected chi connectivity index (χ3v) is 4.45. The summed E-state index contributed by atoms with van der Waals surface area (Å²) in [6.07, 6.45) is 0. The molecule has 0 fully saturated rings. The van der Waals surface area contributed by atoms with E-state index < -0.39 is 0 Å². The molecule has 1 unspecified atom stereocenters. The SMILES string of the molecule is CCNC(=NCC(C)c1c(C)noc1C)N(C)Cc1ccc(OCC)cc1.I. The highest BCUT2D eigenvalue weighted by molar-refractivity contribution is 14.0. The van der Waals surface area contributed by atoms with Crippen molar-refractivity contribution in [2.24, 2.45) is 4.99 Å². The van der Waals surface area contributed by atoms with Gasteiger partial charge in [-0.1, -0.05) is 24.2 Å². The van der Waals surface area contributed by atoms with Gasteiger partial charge < -0.3 is 19.5 Å². The van der Waals surface area contributed by atoms with E-state index in [9.17, 15) is 0 Å². The minimum Gasteiger partial charge on any atom is -0.494 e. The molecule has 1 atom stereocenters. The van der Waals surface area contributed by atoms with E-state index in [0.717, 1.165) is 41.8 Å². The molecule has 1 aromatic carbocycles. The van der Waals surface area contributed by atoms with Crippen LogP contribution in [0.2, 0.25) is 0 Å². The monoisotopic (exact) mass is 500 g/mol. The fourth-order valence-corrected chi connectivity index (χ4v) is 3.18. The third-order valence-electron chi connectivity index (χ3n) is 4.45. The van der Waals surface area contributed by atoms with Crippen LogP contribution < -0.4 is 10.1 Å². The van der Waals surface area contributed by atoms with Gasteiger partial charge in [0.15, 0.2) is 5.96 Å². The fourth-order valence-electron chi connectivity index (χ4n) is 3.18. The first-order chi connectivity index (χ1) is 13.0. The van der Waals surface area contributed by atoms with Gasteiger partial charge in [0.2, 0.25) is 0 Å². The summed E-state index contributed by atoms with van der Waals surface area (Å²) >= 11 is 0. The number of rotatable bonds is 8. The first-order valence-electron chi connectivity index (χ1n) is 9.60. The minimum atomic E-state index is 0. The topological polar surface area (TPSA) is 62.9 Å². The molecule has 0 spiro atoms. The molecule has 0 amide bonds. The quantitative estimate of drug-likeness (QED) is 0.329. The Morgan fingerprint density at radius 3 is 2.46 bits per heavy atom. The molecule has 0 aliphatic heterocycles. The lowest BCUT2D eigenvalue weighted by Gasteiger charge is -2.23. The number of nitrogens with zero attached hydrogens (tertiary/aromatic N) is 3. The largest absolute Gasteiger partial charge is 0.494 e. The van der Waals surface area contributed by atoms with E-state index in [1.807, 2.05) is 32.9 Å². The van der Waals surface area contributed by atoms with Crippen LogP contribution >= 0.6 is 24.0 Å². The van der Waals surface area contributed by atoms with Crippen LogP contribution in [0.1, 0.15) is 49.3 Å². The maximum absolute atomic E-state index is 5.51. The average Bonchev–Trinajstić information content (AvgIpc) is 2.98. The van der Waals surface area contributed by atoms with Crippen molar-refractivity contribution in [3.63, 3.8) is 0 Å². The van der Waals surface area contributed by atoms with Crippen molar-refractivity contribution in [1.29, 1.82) is 0 Å². The van der Waals surface area contributed by atoms with Crippen LogP contribution in [0.25, 0.3) is 0 Å². The van der Waals surface area contributed by atoms with Gasteiger partial charge in [-0.05, 0) is 45.4 Å². The first kappa shape index (κ1) is 24.3. The summed E-state index contributed by atoms with van der Waals surface area (Å²) in [7, 11) is 2.05. The molecule has 0 aliphatic rings. The fraction of sp³-hybridized carbons (Fsp3) is 0.524. The molecule has 1 heterocycles. The van der Waals surface area contributed by atoms with Gasteiger partial charge in [0.05, 0.1) is 12.3 Å². The number of aliphatic imine (C=N–C) groups is 1. The van der Waals surface area contributed by atoms with E-state index in [-0.39, 0.29) is 29.9 Å². The Morgan fingerprint density at radius 2 is 1.93 bits per heavy atom. The summed E-state index contributed by atoms with van der Waals surface area (Å²) < 4.78 is 10.8. The predicted molar refractivity (Wildman–Crippen MR) is 125 cm³/mol. The molecule has 0 saturated carbocycles. The second-order valence-electron chi connectivity index (χ2n) is 6.77. The highest BCUT2D eigenvalue weighted by Crippen LogP contribution is 2.23. The number of halogens is 1. The van der Waals surface area contributed by atoms with Crippen molar-refractivity contribution < 1.29 is 9.26 Å². The van der Waals surface area contributed by atoms with Gasteiger partial charge in [-0.15, -0.1) is 24.0 Å². The van der Waals surface area contributed by atoms with Gasteiger partial charge in [0, 0.05) is 38.2 Å². The predicted octanol–water partition coefficient (Wildman–Crippen LogP) is 4.51. The summed E-state index contributed by atoms with van der Waals surface area (Å²) in [6.45, 7) is 13.1. The van der Waals surface area contributed by atoms with Gasteiger partial charge >= 0.3 is 0 Å². The van der Waals surface area contributed by atoms with Gasteiger partial charge in [-0.2, -0.15) is 0 Å². The van der Waals surface area contributed by atoms with E-state index in [4.69, 9.17) is 14.3 Å². The lowest BCUT2D eigenvalue weighted by molar-refractivity contribution is 0.340. The molecule has 0 radical (unpaired) electrons.